The van der Waals surface area contributed by atoms with Crippen molar-refractivity contribution in [2.45, 2.75) is 384 Å². The molecule has 1 saturated heterocycles. The van der Waals surface area contributed by atoms with Gasteiger partial charge >= 0.3 is 5.97 Å². The Morgan fingerprint density at radius 1 is 0.481 bits per heavy atom. The molecule has 0 radical (unpaired) electrons. The van der Waals surface area contributed by atoms with Crippen molar-refractivity contribution in [3.63, 3.8) is 0 Å². The Balaban J connectivity index is 2.63. The number of hydrogen-bond donors (Lipinski definition) is 6. The van der Waals surface area contributed by atoms with Crippen LogP contribution in [0.5, 0.6) is 0 Å². The average Bonchev–Trinajstić information content (AvgIpc) is 3.49. The fourth-order valence-corrected chi connectivity index (χ4v) is 10.9. The number of nitrogens with one attached hydrogen (secondary N) is 1. The lowest BCUT2D eigenvalue weighted by Crippen LogP contribution is -2.61. The number of carbonyl (C=O) groups is 2. The first-order valence-corrected chi connectivity index (χ1v) is 34.1. The van der Waals surface area contributed by atoms with Crippen molar-refractivity contribution in [2.75, 3.05) is 13.2 Å². The molecular formula is C68H129NO10. The molecule has 11 heteroatoms. The van der Waals surface area contributed by atoms with E-state index < -0.39 is 67.4 Å². The number of rotatable bonds is 59. The van der Waals surface area contributed by atoms with Gasteiger partial charge in [0.25, 0.3) is 0 Å². The highest BCUT2D eigenvalue weighted by Gasteiger charge is 2.47. The van der Waals surface area contributed by atoms with Crippen molar-refractivity contribution in [1.82, 2.24) is 5.32 Å². The van der Waals surface area contributed by atoms with E-state index in [1.165, 1.54) is 225 Å². The second-order valence-corrected chi connectivity index (χ2v) is 23.9. The zero-order valence-electron chi connectivity index (χ0n) is 51.8. The van der Waals surface area contributed by atoms with Gasteiger partial charge in [0.15, 0.2) is 12.4 Å². The van der Waals surface area contributed by atoms with Crippen LogP contribution in [0.25, 0.3) is 0 Å². The summed E-state index contributed by atoms with van der Waals surface area (Å²) < 4.78 is 17.7. The van der Waals surface area contributed by atoms with Crippen LogP contribution in [0.4, 0.5) is 0 Å². The van der Waals surface area contributed by atoms with Crippen LogP contribution < -0.4 is 5.32 Å². The highest BCUT2D eigenvalue weighted by atomic mass is 16.7. The molecule has 1 heterocycles. The molecule has 466 valence electrons. The molecule has 0 aromatic heterocycles. The number of aliphatic hydroxyl groups excluding tert-OH is 5. The lowest BCUT2D eigenvalue weighted by atomic mass is 9.99. The Morgan fingerprint density at radius 2 is 0.835 bits per heavy atom. The molecule has 0 aliphatic carbocycles. The van der Waals surface area contributed by atoms with Gasteiger partial charge in [-0.1, -0.05) is 302 Å². The largest absolute Gasteiger partial charge is 0.454 e. The molecule has 8 unspecified atom stereocenters. The van der Waals surface area contributed by atoms with Crippen LogP contribution in [-0.2, 0) is 23.8 Å². The Labute approximate surface area is 486 Å². The zero-order chi connectivity index (χ0) is 57.5. The van der Waals surface area contributed by atoms with Gasteiger partial charge in [-0.3, -0.25) is 9.59 Å². The average molecular weight is 1120 g/mol. The van der Waals surface area contributed by atoms with Gasteiger partial charge in [0.2, 0.25) is 5.91 Å². The number of ether oxygens (including phenoxy) is 3. The van der Waals surface area contributed by atoms with Gasteiger partial charge in [0.1, 0.15) is 24.4 Å². The van der Waals surface area contributed by atoms with Gasteiger partial charge in [-0.05, 0) is 51.4 Å². The van der Waals surface area contributed by atoms with Gasteiger partial charge in [-0.25, -0.2) is 0 Å². The zero-order valence-corrected chi connectivity index (χ0v) is 51.8. The number of allylic oxidation sites excluding steroid dienone is 3. The molecule has 0 aromatic rings. The first-order chi connectivity index (χ1) is 38.7. The van der Waals surface area contributed by atoms with Crippen molar-refractivity contribution in [3.05, 3.63) is 24.3 Å². The Morgan fingerprint density at radius 3 is 1.23 bits per heavy atom. The molecule has 0 spiro atoms. The summed E-state index contributed by atoms with van der Waals surface area (Å²) in [6, 6.07) is -1.02. The van der Waals surface area contributed by atoms with E-state index in [-0.39, 0.29) is 13.0 Å². The van der Waals surface area contributed by atoms with Crippen molar-refractivity contribution >= 4 is 11.9 Å². The summed E-state index contributed by atoms with van der Waals surface area (Å²) in [7, 11) is 0. The number of carbonyl (C=O) groups excluding carboxylic acids is 2. The predicted molar refractivity (Wildman–Crippen MR) is 329 cm³/mol. The summed E-state index contributed by atoms with van der Waals surface area (Å²) in [5.74, 6) is -1.18. The van der Waals surface area contributed by atoms with Crippen LogP contribution >= 0.6 is 0 Å². The summed E-state index contributed by atoms with van der Waals surface area (Å²) in [4.78, 5) is 26.6. The summed E-state index contributed by atoms with van der Waals surface area (Å²) in [6.07, 6.45) is 56.4. The minimum Gasteiger partial charge on any atom is -0.454 e. The molecule has 79 heavy (non-hydrogen) atoms. The maximum absolute atomic E-state index is 13.5. The molecule has 1 aliphatic heterocycles. The van der Waals surface area contributed by atoms with Crippen LogP contribution in [-0.4, -0.2) is 99.6 Å². The van der Waals surface area contributed by atoms with Gasteiger partial charge < -0.3 is 45.1 Å². The Hall–Kier alpha value is -1.86. The number of amides is 1. The minimum absolute atomic E-state index is 0.130. The summed E-state index contributed by atoms with van der Waals surface area (Å²) in [6.45, 7) is 5.84. The standard InChI is InChI=1S/C68H129NO10/c1-4-7-10-13-16-19-22-25-27-29-31-33-35-38-41-44-47-50-53-56-63(73)79-66-65(75)64(74)62(57-70)78-68(66)77-58-59(60(71)54-51-48-45-42-39-36-24-21-18-15-12-9-6-3)69-67(76)61(72)55-52-49-46-43-40-37-34-32-30-28-26-23-20-17-14-11-8-5-2/h26,28,51,54,59-62,64-66,68,70-72,74-75H,4-25,27,29-50,52-53,55-58H2,1-3H3,(H,69,76)/b28-26+,54-51+. The van der Waals surface area contributed by atoms with E-state index in [2.05, 4.69) is 38.2 Å². The number of aliphatic hydroxyl groups is 5. The molecule has 0 saturated carbocycles. The van der Waals surface area contributed by atoms with Crippen molar-refractivity contribution in [2.24, 2.45) is 0 Å². The first kappa shape index (κ1) is 75.2. The van der Waals surface area contributed by atoms with E-state index in [1.54, 1.807) is 6.08 Å². The fraction of sp³-hybridized carbons (Fsp3) is 0.912. The van der Waals surface area contributed by atoms with E-state index in [1.807, 2.05) is 6.08 Å². The van der Waals surface area contributed by atoms with Crippen LogP contribution in [0.15, 0.2) is 24.3 Å². The van der Waals surface area contributed by atoms with Gasteiger partial charge in [0, 0.05) is 6.42 Å². The fourth-order valence-electron chi connectivity index (χ4n) is 10.9. The van der Waals surface area contributed by atoms with E-state index in [4.69, 9.17) is 14.2 Å². The SMILES string of the molecule is CCCCCCCC/C=C/CCCCCCCCCCC(O)C(=O)NC(COC1OC(CO)C(O)C(O)C1OC(=O)CCCCCCCCCCCCCCCCCCCCC)C(O)/C=C/CCCCCCCCCCCCC. The van der Waals surface area contributed by atoms with Crippen LogP contribution in [0.3, 0.4) is 0 Å². The molecule has 0 aromatic carbocycles. The second kappa shape index (κ2) is 56.6. The number of esters is 1. The quantitative estimate of drug-likeness (QED) is 0.0195. The normalized spacial score (nSPS) is 18.9. The highest BCUT2D eigenvalue weighted by Crippen LogP contribution is 2.26. The molecule has 8 atom stereocenters. The first-order valence-electron chi connectivity index (χ1n) is 34.1. The Bertz CT molecular complexity index is 1380. The monoisotopic (exact) mass is 1120 g/mol. The number of unbranched alkanes of at least 4 members (excludes halogenated alkanes) is 43. The highest BCUT2D eigenvalue weighted by molar-refractivity contribution is 5.80. The molecule has 1 fully saturated rings. The predicted octanol–water partition coefficient (Wildman–Crippen LogP) is 16.8. The van der Waals surface area contributed by atoms with E-state index in [0.717, 1.165) is 64.2 Å². The lowest BCUT2D eigenvalue weighted by Gasteiger charge is -2.41. The second-order valence-electron chi connectivity index (χ2n) is 23.9. The van der Waals surface area contributed by atoms with Crippen LogP contribution in [0.2, 0.25) is 0 Å². The van der Waals surface area contributed by atoms with Gasteiger partial charge in [-0.2, -0.15) is 0 Å². The summed E-state index contributed by atoms with van der Waals surface area (Å²) in [5, 5.41) is 57.2. The Kier molecular flexibility index (Phi) is 53.9. The van der Waals surface area contributed by atoms with E-state index >= 15 is 0 Å². The third-order valence-corrected chi connectivity index (χ3v) is 16.4. The molecule has 1 rings (SSSR count). The third kappa shape index (κ3) is 44.4. The van der Waals surface area contributed by atoms with Crippen LogP contribution in [0, 0.1) is 0 Å². The molecule has 6 N–H and O–H groups in total. The number of hydrogen-bond acceptors (Lipinski definition) is 10. The smallest absolute Gasteiger partial charge is 0.306 e. The molecular weight excluding hydrogens is 991 g/mol. The molecule has 1 aliphatic rings. The third-order valence-electron chi connectivity index (χ3n) is 16.4. The summed E-state index contributed by atoms with van der Waals surface area (Å²) >= 11 is 0. The summed E-state index contributed by atoms with van der Waals surface area (Å²) in [5.41, 5.74) is 0. The van der Waals surface area contributed by atoms with Crippen molar-refractivity contribution in [3.8, 4) is 0 Å². The van der Waals surface area contributed by atoms with E-state index in [0.29, 0.717) is 19.3 Å². The maximum Gasteiger partial charge on any atom is 0.306 e. The molecule has 0 bridgehead atoms. The van der Waals surface area contributed by atoms with Gasteiger partial charge in [0.05, 0.1) is 25.4 Å². The topological polar surface area (TPSA) is 175 Å². The van der Waals surface area contributed by atoms with Crippen LogP contribution in [0.1, 0.15) is 335 Å². The lowest BCUT2D eigenvalue weighted by molar-refractivity contribution is -0.305. The van der Waals surface area contributed by atoms with E-state index in [9.17, 15) is 35.1 Å². The minimum atomic E-state index is -1.61. The molecule has 1 amide bonds. The van der Waals surface area contributed by atoms with Gasteiger partial charge in [-0.15, -0.1) is 0 Å². The van der Waals surface area contributed by atoms with Crippen molar-refractivity contribution < 1.29 is 49.3 Å². The van der Waals surface area contributed by atoms with Crippen molar-refractivity contribution in [1.29, 1.82) is 0 Å². The maximum atomic E-state index is 13.5. The molecule has 11 nitrogen and oxygen atoms in total.